The molecule has 2 heterocycles. The Morgan fingerprint density at radius 1 is 1.29 bits per heavy atom. The van der Waals surface area contributed by atoms with Gasteiger partial charge in [0.05, 0.1) is 0 Å². The van der Waals surface area contributed by atoms with Crippen LogP contribution in [0, 0.1) is 20.2 Å². The highest BCUT2D eigenvalue weighted by Crippen LogP contribution is 2.17. The minimum atomic E-state index is -0.535. The second-order valence-electron chi connectivity index (χ2n) is 4.10. The summed E-state index contributed by atoms with van der Waals surface area (Å²) in [6, 6.07) is 0.321. The molecular weight excluding hydrogens is 280 g/mol. The Labute approximate surface area is 120 Å². The first-order chi connectivity index (χ1) is 9.99. The van der Waals surface area contributed by atoms with Gasteiger partial charge in [-0.3, -0.25) is 0 Å². The van der Waals surface area contributed by atoms with Crippen molar-refractivity contribution in [3.63, 3.8) is 0 Å². The maximum absolute atomic E-state index is 10.3. The molecule has 2 aromatic heterocycles. The standard InChI is InChI=1S/C8H13N3O2.C3H3N3O2/c1-3-7(4-2)10-5-8(9-6-10)11(12)13;7-6(8)3-1-4-2-5-3/h5-7H,3-4H2,1-2H3;1-2H,(H,4,5). The summed E-state index contributed by atoms with van der Waals surface area (Å²) in [5.74, 6) is -0.156. The van der Waals surface area contributed by atoms with E-state index < -0.39 is 9.85 Å². The monoisotopic (exact) mass is 296 g/mol. The summed E-state index contributed by atoms with van der Waals surface area (Å²) >= 11 is 0. The van der Waals surface area contributed by atoms with Gasteiger partial charge in [0.25, 0.3) is 0 Å². The third-order valence-corrected chi connectivity index (χ3v) is 2.82. The third kappa shape index (κ3) is 4.67. The zero-order valence-corrected chi connectivity index (χ0v) is 11.7. The van der Waals surface area contributed by atoms with Gasteiger partial charge in [0.2, 0.25) is 6.33 Å². The quantitative estimate of drug-likeness (QED) is 0.665. The van der Waals surface area contributed by atoms with E-state index in [1.54, 1.807) is 4.57 Å². The van der Waals surface area contributed by atoms with Crippen molar-refractivity contribution in [1.29, 1.82) is 0 Å². The van der Waals surface area contributed by atoms with Gasteiger partial charge < -0.3 is 24.8 Å². The molecule has 0 amide bonds. The number of rotatable bonds is 5. The molecule has 0 unspecified atom stereocenters. The fraction of sp³-hybridized carbons (Fsp3) is 0.455. The van der Waals surface area contributed by atoms with Crippen LogP contribution in [0.25, 0.3) is 0 Å². The normalized spacial score (nSPS) is 10.0. The number of H-pyrrole nitrogens is 1. The topological polar surface area (TPSA) is 133 Å². The molecule has 0 aliphatic carbocycles. The van der Waals surface area contributed by atoms with Crippen LogP contribution in [0.3, 0.4) is 0 Å². The van der Waals surface area contributed by atoms with Crippen LogP contribution in [0.15, 0.2) is 25.0 Å². The van der Waals surface area contributed by atoms with Gasteiger partial charge in [0.1, 0.15) is 12.4 Å². The van der Waals surface area contributed by atoms with Gasteiger partial charge >= 0.3 is 11.6 Å². The number of aromatic nitrogens is 4. The van der Waals surface area contributed by atoms with E-state index >= 15 is 0 Å². The molecule has 0 fully saturated rings. The molecule has 0 spiro atoms. The Morgan fingerprint density at radius 3 is 2.29 bits per heavy atom. The molecule has 0 aliphatic rings. The second kappa shape index (κ2) is 7.72. The Kier molecular flexibility index (Phi) is 5.99. The number of nitro groups is 2. The first-order valence-corrected chi connectivity index (χ1v) is 6.30. The van der Waals surface area contributed by atoms with Gasteiger partial charge in [-0.25, -0.2) is 9.97 Å². The summed E-state index contributed by atoms with van der Waals surface area (Å²) in [6.45, 7) is 4.11. The molecule has 0 atom stereocenters. The lowest BCUT2D eigenvalue weighted by atomic mass is 10.2. The summed E-state index contributed by atoms with van der Waals surface area (Å²) in [5, 5.41) is 20.1. The lowest BCUT2D eigenvalue weighted by Gasteiger charge is -2.11. The van der Waals surface area contributed by atoms with E-state index in [1.165, 1.54) is 18.9 Å². The van der Waals surface area contributed by atoms with Crippen molar-refractivity contribution >= 4 is 11.6 Å². The smallest absolute Gasteiger partial charge is 0.358 e. The Bertz CT molecular complexity index is 575. The fourth-order valence-electron chi connectivity index (χ4n) is 1.68. The number of imidazole rings is 2. The van der Waals surface area contributed by atoms with Crippen molar-refractivity contribution in [2.45, 2.75) is 32.7 Å². The SMILES string of the molecule is CCC(CC)n1cnc([N+](=O)[O-])c1.O=[N+]([O-])c1cnc[nH]1. The van der Waals surface area contributed by atoms with Crippen LogP contribution in [-0.2, 0) is 0 Å². The van der Waals surface area contributed by atoms with E-state index in [0.29, 0.717) is 6.04 Å². The van der Waals surface area contributed by atoms with E-state index in [-0.39, 0.29) is 11.6 Å². The number of aromatic amines is 1. The van der Waals surface area contributed by atoms with Crippen LogP contribution in [-0.4, -0.2) is 29.4 Å². The van der Waals surface area contributed by atoms with Gasteiger partial charge in [-0.2, -0.15) is 0 Å². The number of hydrogen-bond acceptors (Lipinski definition) is 6. The highest BCUT2D eigenvalue weighted by molar-refractivity contribution is 5.13. The molecule has 10 heteroatoms. The molecular formula is C11H16N6O4. The molecule has 0 saturated heterocycles. The van der Waals surface area contributed by atoms with E-state index in [4.69, 9.17) is 0 Å². The average molecular weight is 296 g/mol. The van der Waals surface area contributed by atoms with Crippen LogP contribution in [0.5, 0.6) is 0 Å². The zero-order chi connectivity index (χ0) is 15.8. The Hall–Kier alpha value is -2.78. The van der Waals surface area contributed by atoms with Crippen molar-refractivity contribution in [1.82, 2.24) is 19.5 Å². The van der Waals surface area contributed by atoms with E-state index in [2.05, 4.69) is 28.8 Å². The van der Waals surface area contributed by atoms with Gasteiger partial charge in [0, 0.05) is 6.04 Å². The zero-order valence-electron chi connectivity index (χ0n) is 11.7. The first-order valence-electron chi connectivity index (χ1n) is 6.30. The Morgan fingerprint density at radius 2 is 1.95 bits per heavy atom. The maximum Gasteiger partial charge on any atom is 0.381 e. The van der Waals surface area contributed by atoms with Crippen LogP contribution in [0.1, 0.15) is 32.7 Å². The fourth-order valence-corrected chi connectivity index (χ4v) is 1.68. The van der Waals surface area contributed by atoms with Crippen LogP contribution < -0.4 is 0 Å². The lowest BCUT2D eigenvalue weighted by molar-refractivity contribution is -0.389. The van der Waals surface area contributed by atoms with Gasteiger partial charge in [0.15, 0.2) is 6.33 Å². The minimum Gasteiger partial charge on any atom is -0.358 e. The van der Waals surface area contributed by atoms with Crippen molar-refractivity contribution in [3.05, 3.63) is 45.3 Å². The second-order valence-corrected chi connectivity index (χ2v) is 4.10. The van der Waals surface area contributed by atoms with Gasteiger partial charge in [-0.1, -0.05) is 13.8 Å². The molecule has 21 heavy (non-hydrogen) atoms. The molecule has 0 aromatic carbocycles. The number of nitrogens with zero attached hydrogens (tertiary/aromatic N) is 5. The van der Waals surface area contributed by atoms with Crippen molar-refractivity contribution in [2.75, 3.05) is 0 Å². The molecule has 2 rings (SSSR count). The van der Waals surface area contributed by atoms with Gasteiger partial charge in [-0.15, -0.1) is 0 Å². The van der Waals surface area contributed by atoms with Crippen molar-refractivity contribution < 1.29 is 9.85 Å². The highest BCUT2D eigenvalue weighted by Gasteiger charge is 2.13. The lowest BCUT2D eigenvalue weighted by Crippen LogP contribution is -2.03. The first kappa shape index (κ1) is 16.3. The minimum absolute atomic E-state index is 0.0769. The van der Waals surface area contributed by atoms with Gasteiger partial charge in [-0.05, 0) is 27.7 Å². The molecule has 0 aliphatic heterocycles. The molecule has 114 valence electrons. The van der Waals surface area contributed by atoms with E-state index in [9.17, 15) is 20.2 Å². The van der Waals surface area contributed by atoms with Crippen LogP contribution >= 0.6 is 0 Å². The van der Waals surface area contributed by atoms with Crippen molar-refractivity contribution in [3.8, 4) is 0 Å². The number of hydrogen-bond donors (Lipinski definition) is 1. The van der Waals surface area contributed by atoms with E-state index in [1.807, 2.05) is 0 Å². The van der Waals surface area contributed by atoms with E-state index in [0.717, 1.165) is 19.0 Å². The predicted octanol–water partition coefficient (Wildman–Crippen LogP) is 2.47. The molecule has 2 aromatic rings. The molecule has 0 bridgehead atoms. The summed E-state index contributed by atoms with van der Waals surface area (Å²) in [6.07, 6.45) is 7.35. The summed E-state index contributed by atoms with van der Waals surface area (Å²) in [5.41, 5.74) is 0. The average Bonchev–Trinajstić information content (AvgIpc) is 3.12. The van der Waals surface area contributed by atoms with Crippen LogP contribution in [0.2, 0.25) is 0 Å². The molecule has 1 N–H and O–H groups in total. The molecule has 0 saturated carbocycles. The summed E-state index contributed by atoms with van der Waals surface area (Å²) in [4.78, 5) is 28.6. The Balaban J connectivity index is 0.000000235. The highest BCUT2D eigenvalue weighted by atomic mass is 16.6. The third-order valence-electron chi connectivity index (χ3n) is 2.82. The van der Waals surface area contributed by atoms with Crippen molar-refractivity contribution in [2.24, 2.45) is 0 Å². The number of nitrogens with one attached hydrogen (secondary N) is 1. The van der Waals surface area contributed by atoms with Crippen LogP contribution in [0.4, 0.5) is 11.6 Å². The summed E-state index contributed by atoms with van der Waals surface area (Å²) in [7, 11) is 0. The largest absolute Gasteiger partial charge is 0.381 e. The molecule has 10 nitrogen and oxygen atoms in total. The maximum atomic E-state index is 10.3. The summed E-state index contributed by atoms with van der Waals surface area (Å²) < 4.78 is 1.80. The molecule has 0 radical (unpaired) electrons. The predicted molar refractivity (Wildman–Crippen MR) is 73.7 cm³/mol.